The van der Waals surface area contributed by atoms with Gasteiger partial charge in [0.15, 0.2) is 0 Å². The van der Waals surface area contributed by atoms with Crippen LogP contribution in [0.4, 0.5) is 0 Å². The summed E-state index contributed by atoms with van der Waals surface area (Å²) >= 11 is 0. The van der Waals surface area contributed by atoms with Gasteiger partial charge in [0.1, 0.15) is 0 Å². The normalized spacial score (nSPS) is 13.2. The Bertz CT molecular complexity index is 1470. The van der Waals surface area contributed by atoms with E-state index in [0.29, 0.717) is 0 Å². The Hall–Kier alpha value is -3.64. The molecule has 0 radical (unpaired) electrons. The molecule has 4 aromatic carbocycles. The van der Waals surface area contributed by atoms with Crippen molar-refractivity contribution in [3.63, 3.8) is 0 Å². The minimum absolute atomic E-state index is 0.123. The lowest BCUT2D eigenvalue weighted by Gasteiger charge is -2.25. The molecule has 0 nitrogen and oxygen atoms in total. The Kier molecular flexibility index (Phi) is 10.4. The van der Waals surface area contributed by atoms with Crippen molar-refractivity contribution < 1.29 is 0 Å². The van der Waals surface area contributed by atoms with Crippen LogP contribution in [0.15, 0.2) is 84.9 Å². The van der Waals surface area contributed by atoms with E-state index in [0.717, 1.165) is 12.8 Å². The Morgan fingerprint density at radius 1 is 0.326 bits per heavy atom. The van der Waals surface area contributed by atoms with Crippen molar-refractivity contribution in [2.45, 2.75) is 118 Å². The zero-order valence-corrected chi connectivity index (χ0v) is 30.8. The third-order valence-electron chi connectivity index (χ3n) is 8.97. The smallest absolute Gasteiger partial charge is 0.0132 e. The summed E-state index contributed by atoms with van der Waals surface area (Å²) in [6, 6.07) is 32.2. The SMILES string of the molecule is CC(C)(C)c1cc(/C=C/c2ccc(CCc3ccc(/C=C/c4cc(C(C)(C)C)cc(C(C)(C)C)c4)cc3)cc2)cc(C(C)(C)C)c1. The molecule has 0 atom stereocenters. The van der Waals surface area contributed by atoms with Gasteiger partial charge in [0, 0.05) is 0 Å². The highest BCUT2D eigenvalue weighted by Gasteiger charge is 2.21. The molecular formula is C46H58. The highest BCUT2D eigenvalue weighted by molar-refractivity contribution is 5.71. The van der Waals surface area contributed by atoms with Gasteiger partial charge in [0.2, 0.25) is 0 Å². The first kappa shape index (κ1) is 35.2. The van der Waals surface area contributed by atoms with Gasteiger partial charge < -0.3 is 0 Å². The number of hydrogen-bond acceptors (Lipinski definition) is 0. The van der Waals surface area contributed by atoms with Gasteiger partial charge in [-0.05, 0) is 90.1 Å². The van der Waals surface area contributed by atoms with E-state index < -0.39 is 0 Å². The summed E-state index contributed by atoms with van der Waals surface area (Å²) in [7, 11) is 0. The van der Waals surface area contributed by atoms with E-state index in [1.165, 1.54) is 55.6 Å². The van der Waals surface area contributed by atoms with Gasteiger partial charge in [-0.1, -0.05) is 192 Å². The van der Waals surface area contributed by atoms with Crippen molar-refractivity contribution in [1.82, 2.24) is 0 Å². The fourth-order valence-corrected chi connectivity index (χ4v) is 5.49. The first-order valence-corrected chi connectivity index (χ1v) is 17.1. The molecule has 0 aliphatic carbocycles. The third-order valence-corrected chi connectivity index (χ3v) is 8.97. The van der Waals surface area contributed by atoms with Crippen LogP contribution in [-0.4, -0.2) is 0 Å². The molecule has 0 saturated heterocycles. The molecule has 0 aliphatic rings. The van der Waals surface area contributed by atoms with Crippen LogP contribution in [-0.2, 0) is 34.5 Å². The molecule has 0 fully saturated rings. The maximum absolute atomic E-state index is 2.38. The Morgan fingerprint density at radius 2 is 0.565 bits per heavy atom. The summed E-state index contributed by atoms with van der Waals surface area (Å²) in [4.78, 5) is 0. The van der Waals surface area contributed by atoms with Crippen molar-refractivity contribution in [3.05, 3.63) is 141 Å². The van der Waals surface area contributed by atoms with E-state index in [1.54, 1.807) is 0 Å². The lowest BCUT2D eigenvalue weighted by atomic mass is 9.79. The summed E-state index contributed by atoms with van der Waals surface area (Å²) < 4.78 is 0. The van der Waals surface area contributed by atoms with Crippen LogP contribution in [0.3, 0.4) is 0 Å². The summed E-state index contributed by atoms with van der Waals surface area (Å²) in [5.41, 5.74) is 13.8. The van der Waals surface area contributed by atoms with E-state index in [1.807, 2.05) is 0 Å². The molecule has 0 heterocycles. The summed E-state index contributed by atoms with van der Waals surface area (Å²) in [5, 5.41) is 0. The van der Waals surface area contributed by atoms with Crippen LogP contribution in [0.2, 0.25) is 0 Å². The molecule has 4 rings (SSSR count). The Morgan fingerprint density at radius 3 is 0.804 bits per heavy atom. The molecule has 0 aromatic heterocycles. The predicted octanol–water partition coefficient (Wildman–Crippen LogP) is 13.0. The van der Waals surface area contributed by atoms with E-state index in [9.17, 15) is 0 Å². The highest BCUT2D eigenvalue weighted by Crippen LogP contribution is 2.32. The number of hydrogen-bond donors (Lipinski definition) is 0. The van der Waals surface area contributed by atoms with Crippen LogP contribution in [0.25, 0.3) is 24.3 Å². The van der Waals surface area contributed by atoms with Crippen molar-refractivity contribution in [2.24, 2.45) is 0 Å². The number of rotatable bonds is 7. The van der Waals surface area contributed by atoms with Crippen molar-refractivity contribution in [1.29, 1.82) is 0 Å². The molecule has 0 heteroatoms. The minimum Gasteiger partial charge on any atom is -0.0584 e. The zero-order valence-electron chi connectivity index (χ0n) is 30.8. The lowest BCUT2D eigenvalue weighted by molar-refractivity contribution is 0.568. The van der Waals surface area contributed by atoms with E-state index in [4.69, 9.17) is 0 Å². The number of aryl methyl sites for hydroxylation is 2. The second-order valence-corrected chi connectivity index (χ2v) is 17.3. The predicted molar refractivity (Wildman–Crippen MR) is 206 cm³/mol. The van der Waals surface area contributed by atoms with E-state index >= 15 is 0 Å². The number of benzene rings is 4. The molecule has 4 aromatic rings. The molecule has 0 saturated carbocycles. The van der Waals surface area contributed by atoms with Crippen LogP contribution in [0, 0.1) is 0 Å². The quantitative estimate of drug-likeness (QED) is 0.183. The summed E-state index contributed by atoms with van der Waals surface area (Å²) in [6.45, 7) is 27.5. The highest BCUT2D eigenvalue weighted by atomic mass is 14.3. The molecule has 0 bridgehead atoms. The molecule has 0 N–H and O–H groups in total. The first-order chi connectivity index (χ1) is 21.3. The molecule has 242 valence electrons. The average Bonchev–Trinajstić information content (AvgIpc) is 2.97. The average molecular weight is 611 g/mol. The van der Waals surface area contributed by atoms with Crippen molar-refractivity contribution in [2.75, 3.05) is 0 Å². The minimum atomic E-state index is 0.123. The molecule has 0 unspecified atom stereocenters. The van der Waals surface area contributed by atoms with Crippen molar-refractivity contribution >= 4 is 24.3 Å². The maximum Gasteiger partial charge on any atom is -0.0132 e. The third kappa shape index (κ3) is 9.93. The molecule has 0 aliphatic heterocycles. The molecule has 0 spiro atoms. The van der Waals surface area contributed by atoms with Crippen LogP contribution in [0.1, 0.15) is 139 Å². The fraction of sp³-hybridized carbons (Fsp3) is 0.391. The molecule has 46 heavy (non-hydrogen) atoms. The second-order valence-electron chi connectivity index (χ2n) is 17.3. The summed E-state index contributed by atoms with van der Waals surface area (Å²) in [6.07, 6.45) is 11.1. The lowest BCUT2D eigenvalue weighted by Crippen LogP contribution is -2.16. The summed E-state index contributed by atoms with van der Waals surface area (Å²) in [5.74, 6) is 0. The molecular weight excluding hydrogens is 553 g/mol. The van der Waals surface area contributed by atoms with Crippen LogP contribution < -0.4 is 0 Å². The van der Waals surface area contributed by atoms with Gasteiger partial charge in [-0.3, -0.25) is 0 Å². The van der Waals surface area contributed by atoms with Crippen LogP contribution >= 0.6 is 0 Å². The topological polar surface area (TPSA) is 0 Å². The van der Waals surface area contributed by atoms with Gasteiger partial charge in [-0.25, -0.2) is 0 Å². The first-order valence-electron chi connectivity index (χ1n) is 17.1. The van der Waals surface area contributed by atoms with Crippen molar-refractivity contribution in [3.8, 4) is 0 Å². The van der Waals surface area contributed by atoms with E-state index in [2.05, 4.69) is 192 Å². The Labute approximate surface area is 281 Å². The molecule has 0 amide bonds. The Balaban J connectivity index is 1.39. The zero-order chi connectivity index (χ0) is 33.9. The van der Waals surface area contributed by atoms with Crippen LogP contribution in [0.5, 0.6) is 0 Å². The van der Waals surface area contributed by atoms with Gasteiger partial charge >= 0.3 is 0 Å². The van der Waals surface area contributed by atoms with Gasteiger partial charge in [-0.15, -0.1) is 0 Å². The van der Waals surface area contributed by atoms with Gasteiger partial charge in [0.25, 0.3) is 0 Å². The fourth-order valence-electron chi connectivity index (χ4n) is 5.49. The van der Waals surface area contributed by atoms with Gasteiger partial charge in [-0.2, -0.15) is 0 Å². The van der Waals surface area contributed by atoms with Gasteiger partial charge in [0.05, 0.1) is 0 Å². The second kappa shape index (κ2) is 13.6. The monoisotopic (exact) mass is 610 g/mol. The van der Waals surface area contributed by atoms with E-state index in [-0.39, 0.29) is 21.7 Å². The largest absolute Gasteiger partial charge is 0.0584 e. The standard InChI is InChI=1S/C46H58/c1-43(2,3)39-27-37(28-40(31-39)44(4,5)6)25-23-35-19-15-33(16-20-35)13-14-34-17-21-36(22-18-34)24-26-38-29-41(45(7,8)9)32-42(30-38)46(10,11)12/h15-32H,13-14H2,1-12H3/b25-23+,26-24+. The maximum atomic E-state index is 2.38.